The summed E-state index contributed by atoms with van der Waals surface area (Å²) >= 11 is 12.4. The van der Waals surface area contributed by atoms with Crippen molar-refractivity contribution in [2.45, 2.75) is 51.1 Å². The van der Waals surface area contributed by atoms with Crippen LogP contribution in [0, 0.1) is 6.92 Å². The van der Waals surface area contributed by atoms with E-state index in [-0.39, 0.29) is 17.3 Å². The van der Waals surface area contributed by atoms with Crippen molar-refractivity contribution >= 4 is 50.7 Å². The minimum absolute atomic E-state index is 0.00779. The lowest BCUT2D eigenvalue weighted by molar-refractivity contribution is -0.140. The highest BCUT2D eigenvalue weighted by Crippen LogP contribution is 2.27. The zero-order chi connectivity index (χ0) is 28.6. The topological polar surface area (TPSA) is 86.8 Å². The number of nitrogens with zero attached hydrogens (tertiary/aromatic N) is 2. The number of carbonyl (C=O) groups excluding carboxylic acids is 2. The van der Waals surface area contributed by atoms with Gasteiger partial charge in [-0.1, -0.05) is 67.4 Å². The number of anilines is 1. The highest BCUT2D eigenvalue weighted by atomic mass is 35.5. The van der Waals surface area contributed by atoms with E-state index in [4.69, 9.17) is 23.2 Å². The first-order valence-corrected chi connectivity index (χ1v) is 14.9. The monoisotopic (exact) mass is 589 g/mol. The third-order valence-electron chi connectivity index (χ3n) is 6.20. The molecule has 0 radical (unpaired) electrons. The molecule has 0 spiro atoms. The molecule has 3 rings (SSSR count). The molecule has 7 nitrogen and oxygen atoms in total. The summed E-state index contributed by atoms with van der Waals surface area (Å²) in [6, 6.07) is 18.9. The van der Waals surface area contributed by atoms with Crippen molar-refractivity contribution in [3.05, 3.63) is 94.0 Å². The van der Waals surface area contributed by atoms with Gasteiger partial charge in [-0.25, -0.2) is 8.42 Å². The number of rotatable bonds is 12. The summed E-state index contributed by atoms with van der Waals surface area (Å²) in [6.45, 7) is 5.58. The number of benzene rings is 3. The quantitative estimate of drug-likeness (QED) is 0.288. The Labute approximate surface area is 240 Å². The van der Waals surface area contributed by atoms with Gasteiger partial charge in [0.25, 0.3) is 10.0 Å². The van der Waals surface area contributed by atoms with Gasteiger partial charge in [0.1, 0.15) is 12.6 Å². The van der Waals surface area contributed by atoms with Gasteiger partial charge in [-0.3, -0.25) is 13.9 Å². The van der Waals surface area contributed by atoms with Crippen LogP contribution in [0.25, 0.3) is 0 Å². The van der Waals surface area contributed by atoms with Gasteiger partial charge in [0, 0.05) is 23.1 Å². The predicted octanol–water partition coefficient (Wildman–Crippen LogP) is 5.83. The molecular weight excluding hydrogens is 557 g/mol. The Morgan fingerprint density at radius 2 is 1.64 bits per heavy atom. The highest BCUT2D eigenvalue weighted by molar-refractivity contribution is 7.92. The Balaban J connectivity index is 2.06. The summed E-state index contributed by atoms with van der Waals surface area (Å²) in [4.78, 5) is 28.5. The van der Waals surface area contributed by atoms with Crippen molar-refractivity contribution in [3.8, 4) is 0 Å². The third-order valence-corrected chi connectivity index (χ3v) is 8.61. The molecule has 0 saturated carbocycles. The average molecular weight is 591 g/mol. The van der Waals surface area contributed by atoms with E-state index in [1.807, 2.05) is 26.8 Å². The average Bonchev–Trinajstić information content (AvgIpc) is 2.91. The zero-order valence-corrected chi connectivity index (χ0v) is 24.6. The fraction of sp³-hybridized carbons (Fsp3) is 0.310. The van der Waals surface area contributed by atoms with Gasteiger partial charge in [-0.2, -0.15) is 0 Å². The second kappa shape index (κ2) is 13.8. The summed E-state index contributed by atoms with van der Waals surface area (Å²) < 4.78 is 28.8. The van der Waals surface area contributed by atoms with Crippen molar-refractivity contribution in [1.82, 2.24) is 10.2 Å². The van der Waals surface area contributed by atoms with Crippen molar-refractivity contribution in [1.29, 1.82) is 0 Å². The SMILES string of the molecule is CCCNC(=O)[C@@H](CC)N(Cc1ccccc1Cl)C(=O)CN(c1cccc(C)c1)S(=O)(=O)c1ccc(Cl)cc1. The van der Waals surface area contributed by atoms with Crippen LogP contribution < -0.4 is 9.62 Å². The summed E-state index contributed by atoms with van der Waals surface area (Å²) in [6.07, 6.45) is 1.07. The minimum atomic E-state index is -4.16. The van der Waals surface area contributed by atoms with Crippen LogP contribution in [0.2, 0.25) is 10.0 Å². The molecule has 10 heteroatoms. The number of hydrogen-bond donors (Lipinski definition) is 1. The summed E-state index contributed by atoms with van der Waals surface area (Å²) in [5, 5.41) is 3.70. The van der Waals surface area contributed by atoms with E-state index in [2.05, 4.69) is 5.32 Å². The highest BCUT2D eigenvalue weighted by Gasteiger charge is 2.33. The fourth-order valence-corrected chi connectivity index (χ4v) is 5.87. The lowest BCUT2D eigenvalue weighted by Crippen LogP contribution is -2.52. The molecule has 3 aromatic rings. The molecule has 3 aromatic carbocycles. The van der Waals surface area contributed by atoms with Crippen molar-refractivity contribution < 1.29 is 18.0 Å². The maximum Gasteiger partial charge on any atom is 0.264 e. The molecule has 39 heavy (non-hydrogen) atoms. The molecule has 0 aromatic heterocycles. The van der Waals surface area contributed by atoms with Crippen LogP contribution in [0.15, 0.2) is 77.7 Å². The van der Waals surface area contributed by atoms with Crippen molar-refractivity contribution in [2.24, 2.45) is 0 Å². The second-order valence-corrected chi connectivity index (χ2v) is 11.8. The molecule has 208 valence electrons. The summed E-state index contributed by atoms with van der Waals surface area (Å²) in [5.74, 6) is -0.838. The molecule has 0 fully saturated rings. The van der Waals surface area contributed by atoms with Crippen LogP contribution in [0.4, 0.5) is 5.69 Å². The van der Waals surface area contributed by atoms with E-state index in [9.17, 15) is 18.0 Å². The first-order valence-electron chi connectivity index (χ1n) is 12.7. The largest absolute Gasteiger partial charge is 0.354 e. The van der Waals surface area contributed by atoms with E-state index < -0.39 is 28.5 Å². The maximum absolute atomic E-state index is 14.0. The summed E-state index contributed by atoms with van der Waals surface area (Å²) in [5.41, 5.74) is 1.81. The van der Waals surface area contributed by atoms with Crippen LogP contribution in [0.3, 0.4) is 0 Å². The first-order chi connectivity index (χ1) is 18.6. The Morgan fingerprint density at radius 3 is 2.26 bits per heavy atom. The van der Waals surface area contributed by atoms with Crippen molar-refractivity contribution in [2.75, 3.05) is 17.4 Å². The number of carbonyl (C=O) groups is 2. The minimum Gasteiger partial charge on any atom is -0.354 e. The molecule has 0 unspecified atom stereocenters. The number of sulfonamides is 1. The van der Waals surface area contributed by atoms with E-state index >= 15 is 0 Å². The molecule has 0 aliphatic carbocycles. The van der Waals surface area contributed by atoms with Crippen LogP contribution in [0.5, 0.6) is 0 Å². The fourth-order valence-electron chi connectivity index (χ4n) is 4.14. The number of aryl methyl sites for hydroxylation is 1. The lowest BCUT2D eigenvalue weighted by Gasteiger charge is -2.33. The van der Waals surface area contributed by atoms with Gasteiger partial charge in [0.05, 0.1) is 10.6 Å². The summed E-state index contributed by atoms with van der Waals surface area (Å²) in [7, 11) is -4.16. The number of halogens is 2. The van der Waals surface area contributed by atoms with E-state index in [0.29, 0.717) is 34.3 Å². The number of amides is 2. The normalized spacial score (nSPS) is 12.0. The van der Waals surface area contributed by atoms with E-state index in [0.717, 1.165) is 16.3 Å². The van der Waals surface area contributed by atoms with E-state index in [1.165, 1.54) is 29.2 Å². The van der Waals surface area contributed by atoms with Gasteiger partial charge >= 0.3 is 0 Å². The standard InChI is InChI=1S/C29H33Cl2N3O4S/c1-4-17-32-29(36)27(5-2)33(19-22-10-6-7-12-26(22)31)28(35)20-34(24-11-8-9-21(3)18-24)39(37,38)25-15-13-23(30)14-16-25/h6-16,18,27H,4-5,17,19-20H2,1-3H3,(H,32,36)/t27-/m1/s1. The van der Waals surface area contributed by atoms with Crippen LogP contribution in [0.1, 0.15) is 37.8 Å². The molecule has 1 N–H and O–H groups in total. The molecule has 1 atom stereocenters. The lowest BCUT2D eigenvalue weighted by atomic mass is 10.1. The molecule has 0 heterocycles. The first kappa shape index (κ1) is 30.5. The van der Waals surface area contributed by atoms with Gasteiger partial charge in [0.15, 0.2) is 0 Å². The van der Waals surface area contributed by atoms with Crippen molar-refractivity contribution in [3.63, 3.8) is 0 Å². The Kier molecular flexibility index (Phi) is 10.8. The molecule has 0 bridgehead atoms. The predicted molar refractivity (Wildman–Crippen MR) is 157 cm³/mol. The van der Waals surface area contributed by atoms with Gasteiger partial charge in [-0.15, -0.1) is 0 Å². The van der Waals surface area contributed by atoms with E-state index in [1.54, 1.807) is 42.5 Å². The smallest absolute Gasteiger partial charge is 0.264 e. The molecule has 2 amide bonds. The zero-order valence-electron chi connectivity index (χ0n) is 22.2. The number of hydrogen-bond acceptors (Lipinski definition) is 4. The van der Waals surface area contributed by atoms with Gasteiger partial charge < -0.3 is 10.2 Å². The third kappa shape index (κ3) is 7.75. The van der Waals surface area contributed by atoms with Gasteiger partial charge in [-0.05, 0) is 73.4 Å². The Hall–Kier alpha value is -3.07. The van der Waals surface area contributed by atoms with Crippen LogP contribution in [-0.2, 0) is 26.2 Å². The Morgan fingerprint density at radius 1 is 0.949 bits per heavy atom. The second-order valence-electron chi connectivity index (χ2n) is 9.13. The van der Waals surface area contributed by atoms with Crippen LogP contribution >= 0.6 is 23.2 Å². The molecule has 0 saturated heterocycles. The number of nitrogens with one attached hydrogen (secondary N) is 1. The maximum atomic E-state index is 14.0. The molecular formula is C29H33Cl2N3O4S. The van der Waals surface area contributed by atoms with Gasteiger partial charge in [0.2, 0.25) is 11.8 Å². The Bertz CT molecular complexity index is 1400. The molecule has 0 aliphatic heterocycles. The van der Waals surface area contributed by atoms with Crippen LogP contribution in [-0.4, -0.2) is 44.3 Å². The molecule has 0 aliphatic rings.